The number of hydrogen-bond acceptors (Lipinski definition) is 5. The molecule has 1 aromatic carbocycles. The first kappa shape index (κ1) is 17.1. The number of allylic oxidation sites excluding steroid dienone is 2. The van der Waals surface area contributed by atoms with Crippen LogP contribution in [0.4, 0.5) is 5.69 Å². The van der Waals surface area contributed by atoms with Gasteiger partial charge in [0, 0.05) is 68.2 Å². The molecule has 0 fully saturated rings. The molecular formula is C22H21N5S. The Morgan fingerprint density at radius 1 is 1.36 bits per heavy atom. The molecular weight excluding hydrogens is 366 g/mol. The van der Waals surface area contributed by atoms with E-state index in [0.29, 0.717) is 11.6 Å². The molecule has 28 heavy (non-hydrogen) atoms. The van der Waals surface area contributed by atoms with Gasteiger partial charge in [0.1, 0.15) is 0 Å². The molecule has 1 aliphatic heterocycles. The van der Waals surface area contributed by atoms with Gasteiger partial charge in [-0.25, -0.2) is 0 Å². The van der Waals surface area contributed by atoms with Crippen LogP contribution in [0.5, 0.6) is 0 Å². The lowest BCUT2D eigenvalue weighted by Gasteiger charge is -2.13. The standard InChI is InChI=1S/C22H21N5S/c1-2-15-6-5-14(11-25-15)19-8-16-20(28-19)9-17-21(26-27-22(16)17)12-3-4-13(10-23)18(24)7-12/h3-4,6-8,10-11,14,23H,2,5,9,24H2,1H3,(H,26,27). The fourth-order valence-electron chi connectivity index (χ4n) is 3.98. The van der Waals surface area contributed by atoms with Crippen molar-refractivity contribution in [2.24, 2.45) is 4.99 Å². The van der Waals surface area contributed by atoms with Gasteiger partial charge in [-0.1, -0.05) is 25.1 Å². The van der Waals surface area contributed by atoms with Crippen LogP contribution in [0.15, 0.2) is 41.0 Å². The van der Waals surface area contributed by atoms with Gasteiger partial charge in [0.2, 0.25) is 0 Å². The van der Waals surface area contributed by atoms with Crippen molar-refractivity contribution in [2.75, 3.05) is 5.73 Å². The highest BCUT2D eigenvalue weighted by Crippen LogP contribution is 2.46. The third-order valence-electron chi connectivity index (χ3n) is 5.57. The number of nitrogen functional groups attached to an aromatic ring is 1. The Morgan fingerprint density at radius 2 is 2.25 bits per heavy atom. The van der Waals surface area contributed by atoms with E-state index in [1.165, 1.54) is 32.8 Å². The summed E-state index contributed by atoms with van der Waals surface area (Å²) in [5.74, 6) is 0.380. The first-order valence-electron chi connectivity index (χ1n) is 9.51. The molecule has 1 unspecified atom stereocenters. The first-order chi connectivity index (χ1) is 13.7. The number of nitrogens with two attached hydrogens (primary N) is 1. The van der Waals surface area contributed by atoms with Crippen LogP contribution >= 0.6 is 11.3 Å². The summed E-state index contributed by atoms with van der Waals surface area (Å²) in [5, 5.41) is 15.2. The Labute approximate surface area is 167 Å². The van der Waals surface area contributed by atoms with E-state index >= 15 is 0 Å². The third kappa shape index (κ3) is 2.64. The van der Waals surface area contributed by atoms with E-state index < -0.39 is 0 Å². The van der Waals surface area contributed by atoms with E-state index in [4.69, 9.17) is 11.1 Å². The molecule has 0 amide bonds. The van der Waals surface area contributed by atoms with E-state index in [2.05, 4.69) is 40.5 Å². The Kier molecular flexibility index (Phi) is 4.02. The van der Waals surface area contributed by atoms with Gasteiger partial charge in [0.25, 0.3) is 0 Å². The molecule has 2 aromatic heterocycles. The van der Waals surface area contributed by atoms with Crippen molar-refractivity contribution >= 4 is 29.5 Å². The summed E-state index contributed by atoms with van der Waals surface area (Å²) in [4.78, 5) is 7.36. The van der Waals surface area contributed by atoms with Crippen LogP contribution in [0.3, 0.4) is 0 Å². The lowest BCUT2D eigenvalue weighted by atomic mass is 10.0. The normalized spacial score (nSPS) is 17.3. The molecule has 0 bridgehead atoms. The molecule has 6 heteroatoms. The average molecular weight is 388 g/mol. The van der Waals surface area contributed by atoms with Crippen LogP contribution in [0.1, 0.15) is 46.6 Å². The SMILES string of the molecule is CCC1=CCC(c2cc3c(s2)Cc2c(-c4ccc(C=N)c(N)c4)n[nH]c2-3)C=N1. The van der Waals surface area contributed by atoms with Crippen LogP contribution in [0, 0.1) is 5.41 Å². The molecule has 3 aromatic rings. The number of aromatic nitrogens is 2. The smallest absolute Gasteiger partial charge is 0.0963 e. The van der Waals surface area contributed by atoms with Crippen molar-refractivity contribution in [2.45, 2.75) is 32.1 Å². The molecule has 1 atom stereocenters. The number of fused-ring (bicyclic) bond motifs is 3. The zero-order valence-corrected chi connectivity index (χ0v) is 16.4. The van der Waals surface area contributed by atoms with E-state index in [1.54, 1.807) is 0 Å². The van der Waals surface area contributed by atoms with Crippen molar-refractivity contribution in [3.8, 4) is 22.5 Å². The van der Waals surface area contributed by atoms with Crippen LogP contribution in [0.25, 0.3) is 22.5 Å². The highest BCUT2D eigenvalue weighted by Gasteiger charge is 2.29. The van der Waals surface area contributed by atoms with Gasteiger partial charge >= 0.3 is 0 Å². The number of aromatic amines is 1. The van der Waals surface area contributed by atoms with E-state index in [9.17, 15) is 0 Å². The highest BCUT2D eigenvalue weighted by atomic mass is 32.1. The number of H-pyrrole nitrogens is 1. The Morgan fingerprint density at radius 3 is 2.96 bits per heavy atom. The fourth-order valence-corrected chi connectivity index (χ4v) is 5.23. The number of nitrogens with one attached hydrogen (secondary N) is 2. The molecule has 0 spiro atoms. The lowest BCUT2D eigenvalue weighted by molar-refractivity contribution is 0.887. The summed E-state index contributed by atoms with van der Waals surface area (Å²) >= 11 is 1.89. The van der Waals surface area contributed by atoms with Crippen LogP contribution in [0.2, 0.25) is 0 Å². The van der Waals surface area contributed by atoms with Gasteiger partial charge in [-0.3, -0.25) is 10.1 Å². The topological polar surface area (TPSA) is 90.9 Å². The number of aliphatic imine (C=N–C) groups is 1. The second kappa shape index (κ2) is 6.56. The Bertz CT molecular complexity index is 1150. The first-order valence-corrected chi connectivity index (χ1v) is 10.3. The quantitative estimate of drug-likeness (QED) is 0.334. The summed E-state index contributed by atoms with van der Waals surface area (Å²) < 4.78 is 0. The summed E-state index contributed by atoms with van der Waals surface area (Å²) in [6.07, 6.45) is 8.57. The molecule has 2 aliphatic rings. The maximum atomic E-state index is 7.41. The molecule has 5 rings (SSSR count). The fraction of sp³-hybridized carbons (Fsp3) is 0.227. The average Bonchev–Trinajstić information content (AvgIpc) is 3.39. The predicted octanol–water partition coefficient (Wildman–Crippen LogP) is 5.14. The number of benzene rings is 1. The molecule has 140 valence electrons. The summed E-state index contributed by atoms with van der Waals surface area (Å²) in [7, 11) is 0. The molecule has 0 saturated carbocycles. The molecule has 1 aliphatic carbocycles. The predicted molar refractivity (Wildman–Crippen MR) is 117 cm³/mol. The number of hydrogen-bond donors (Lipinski definition) is 3. The van der Waals surface area contributed by atoms with E-state index in [1.807, 2.05) is 29.5 Å². The number of anilines is 1. The summed E-state index contributed by atoms with van der Waals surface area (Å²) in [6, 6.07) is 8.08. The van der Waals surface area contributed by atoms with Crippen LogP contribution in [-0.2, 0) is 6.42 Å². The summed E-state index contributed by atoms with van der Waals surface area (Å²) in [5.41, 5.74) is 14.2. The van der Waals surface area contributed by atoms with Gasteiger partial charge in [-0.05, 0) is 25.0 Å². The Balaban J connectivity index is 1.46. The van der Waals surface area contributed by atoms with Gasteiger partial charge in [0.15, 0.2) is 0 Å². The van der Waals surface area contributed by atoms with E-state index in [0.717, 1.165) is 41.8 Å². The van der Waals surface area contributed by atoms with Crippen molar-refractivity contribution in [1.82, 2.24) is 10.2 Å². The minimum atomic E-state index is 0.380. The van der Waals surface area contributed by atoms with Gasteiger partial charge in [-0.2, -0.15) is 5.10 Å². The van der Waals surface area contributed by atoms with Gasteiger partial charge in [0.05, 0.1) is 11.4 Å². The van der Waals surface area contributed by atoms with E-state index in [-0.39, 0.29) is 0 Å². The van der Waals surface area contributed by atoms with Gasteiger partial charge < -0.3 is 11.1 Å². The number of thiophene rings is 1. The maximum absolute atomic E-state index is 7.41. The number of nitrogens with zero attached hydrogens (tertiary/aromatic N) is 2. The molecule has 0 radical (unpaired) electrons. The van der Waals surface area contributed by atoms with Crippen LogP contribution < -0.4 is 5.73 Å². The van der Waals surface area contributed by atoms with Crippen molar-refractivity contribution in [3.63, 3.8) is 0 Å². The summed E-state index contributed by atoms with van der Waals surface area (Å²) in [6.45, 7) is 2.15. The maximum Gasteiger partial charge on any atom is 0.0963 e. The monoisotopic (exact) mass is 387 g/mol. The van der Waals surface area contributed by atoms with Crippen molar-refractivity contribution in [1.29, 1.82) is 5.41 Å². The Hall–Kier alpha value is -2.99. The minimum absolute atomic E-state index is 0.380. The minimum Gasteiger partial charge on any atom is -0.398 e. The zero-order valence-electron chi connectivity index (χ0n) is 15.6. The number of rotatable bonds is 4. The zero-order chi connectivity index (χ0) is 19.3. The van der Waals surface area contributed by atoms with Crippen molar-refractivity contribution < 1.29 is 0 Å². The molecule has 5 nitrogen and oxygen atoms in total. The van der Waals surface area contributed by atoms with Crippen LogP contribution in [-0.4, -0.2) is 22.6 Å². The molecule has 3 heterocycles. The van der Waals surface area contributed by atoms with Crippen molar-refractivity contribution in [3.05, 3.63) is 56.9 Å². The largest absolute Gasteiger partial charge is 0.398 e. The lowest BCUT2D eigenvalue weighted by Crippen LogP contribution is -2.01. The molecule has 0 saturated heterocycles. The second-order valence-corrected chi connectivity index (χ2v) is 8.41. The van der Waals surface area contributed by atoms with Gasteiger partial charge in [-0.15, -0.1) is 11.3 Å². The second-order valence-electron chi connectivity index (χ2n) is 7.25. The highest BCUT2D eigenvalue weighted by molar-refractivity contribution is 7.12. The molecule has 4 N–H and O–H groups in total. The third-order valence-corrected chi connectivity index (χ3v) is 6.84.